The number of hydrogen-bond acceptors (Lipinski definition) is 3. The molecule has 18 heavy (non-hydrogen) atoms. The van der Waals surface area contributed by atoms with E-state index in [4.69, 9.17) is 17.3 Å². The molecule has 1 aromatic rings. The van der Waals surface area contributed by atoms with Crippen molar-refractivity contribution >= 4 is 29.1 Å². The Morgan fingerprint density at radius 2 is 2.00 bits per heavy atom. The summed E-state index contributed by atoms with van der Waals surface area (Å²) in [4.78, 5) is 24.7. The largest absolute Gasteiger partial charge is 0.345 e. The lowest BCUT2D eigenvalue weighted by molar-refractivity contribution is -0.117. The Balaban J connectivity index is 3.01. The van der Waals surface area contributed by atoms with E-state index in [-0.39, 0.29) is 11.8 Å². The zero-order valence-corrected chi connectivity index (χ0v) is 11.3. The van der Waals surface area contributed by atoms with Crippen LogP contribution in [0.5, 0.6) is 0 Å². The SMILES string of the molecule is C[C@@H](N)C(=O)Nc1ccc(Cl)c(C(=O)N(C)C)c1. The van der Waals surface area contributed by atoms with Gasteiger partial charge in [0.05, 0.1) is 16.6 Å². The van der Waals surface area contributed by atoms with Crippen molar-refractivity contribution in [1.82, 2.24) is 4.90 Å². The van der Waals surface area contributed by atoms with Crippen molar-refractivity contribution in [2.75, 3.05) is 19.4 Å². The molecule has 0 spiro atoms. The van der Waals surface area contributed by atoms with Gasteiger partial charge in [-0.1, -0.05) is 11.6 Å². The number of halogens is 1. The summed E-state index contributed by atoms with van der Waals surface area (Å²) in [5.74, 6) is -0.544. The van der Waals surface area contributed by atoms with Crippen LogP contribution in [0.2, 0.25) is 5.02 Å². The minimum Gasteiger partial charge on any atom is -0.345 e. The zero-order chi connectivity index (χ0) is 13.9. The van der Waals surface area contributed by atoms with Gasteiger partial charge in [0.1, 0.15) is 0 Å². The van der Waals surface area contributed by atoms with Crippen LogP contribution in [0.15, 0.2) is 18.2 Å². The molecule has 0 heterocycles. The summed E-state index contributed by atoms with van der Waals surface area (Å²) in [6, 6.07) is 4.10. The number of amides is 2. The summed E-state index contributed by atoms with van der Waals surface area (Å²) in [6.07, 6.45) is 0. The topological polar surface area (TPSA) is 75.4 Å². The van der Waals surface area contributed by atoms with Crippen molar-refractivity contribution in [2.45, 2.75) is 13.0 Å². The molecule has 98 valence electrons. The molecule has 0 aromatic heterocycles. The van der Waals surface area contributed by atoms with E-state index in [1.54, 1.807) is 33.2 Å². The van der Waals surface area contributed by atoms with E-state index in [9.17, 15) is 9.59 Å². The van der Waals surface area contributed by atoms with Crippen molar-refractivity contribution in [3.05, 3.63) is 28.8 Å². The fourth-order valence-corrected chi connectivity index (χ4v) is 1.46. The summed E-state index contributed by atoms with van der Waals surface area (Å²) in [5.41, 5.74) is 6.28. The van der Waals surface area contributed by atoms with E-state index in [1.807, 2.05) is 0 Å². The number of carbonyl (C=O) groups excluding carboxylic acids is 2. The quantitative estimate of drug-likeness (QED) is 0.869. The molecule has 3 N–H and O–H groups in total. The number of nitrogens with one attached hydrogen (secondary N) is 1. The highest BCUT2D eigenvalue weighted by Gasteiger charge is 2.14. The third kappa shape index (κ3) is 3.45. The second-order valence-electron chi connectivity index (χ2n) is 4.17. The lowest BCUT2D eigenvalue weighted by Gasteiger charge is -2.13. The standard InChI is InChI=1S/C12H16ClN3O2/c1-7(14)11(17)15-8-4-5-10(13)9(6-8)12(18)16(2)3/h4-7H,14H2,1-3H3,(H,15,17)/t7-/m1/s1. The van der Waals surface area contributed by atoms with E-state index in [0.29, 0.717) is 16.3 Å². The molecule has 1 aromatic carbocycles. The molecule has 6 heteroatoms. The molecular formula is C12H16ClN3O2. The average molecular weight is 270 g/mol. The minimum atomic E-state index is -0.617. The second kappa shape index (κ2) is 5.84. The number of carbonyl (C=O) groups is 2. The van der Waals surface area contributed by atoms with Crippen LogP contribution in [-0.2, 0) is 4.79 Å². The van der Waals surface area contributed by atoms with Gasteiger partial charge in [-0.15, -0.1) is 0 Å². The number of rotatable bonds is 3. The highest BCUT2D eigenvalue weighted by molar-refractivity contribution is 6.34. The monoisotopic (exact) mass is 269 g/mol. The van der Waals surface area contributed by atoms with Crippen LogP contribution >= 0.6 is 11.6 Å². The fourth-order valence-electron chi connectivity index (χ4n) is 1.26. The number of anilines is 1. The first kappa shape index (κ1) is 14.5. The lowest BCUT2D eigenvalue weighted by atomic mass is 10.1. The number of benzene rings is 1. The maximum atomic E-state index is 11.8. The summed E-state index contributed by atoms with van der Waals surface area (Å²) in [6.45, 7) is 1.58. The van der Waals surface area contributed by atoms with Gasteiger partial charge < -0.3 is 16.0 Å². The third-order valence-corrected chi connectivity index (χ3v) is 2.61. The molecule has 0 fully saturated rings. The molecule has 1 atom stereocenters. The lowest BCUT2D eigenvalue weighted by Crippen LogP contribution is -2.32. The van der Waals surface area contributed by atoms with Gasteiger partial charge in [0.2, 0.25) is 5.91 Å². The van der Waals surface area contributed by atoms with Gasteiger partial charge >= 0.3 is 0 Å². The summed E-state index contributed by atoms with van der Waals surface area (Å²) < 4.78 is 0. The van der Waals surface area contributed by atoms with E-state index in [2.05, 4.69) is 5.32 Å². The summed E-state index contributed by atoms with van der Waals surface area (Å²) in [7, 11) is 3.26. The van der Waals surface area contributed by atoms with Gasteiger partial charge in [0.25, 0.3) is 5.91 Å². The molecule has 0 aliphatic rings. The molecular weight excluding hydrogens is 254 g/mol. The Morgan fingerprint density at radius 1 is 1.39 bits per heavy atom. The van der Waals surface area contributed by atoms with Crippen molar-refractivity contribution < 1.29 is 9.59 Å². The van der Waals surface area contributed by atoms with E-state index < -0.39 is 6.04 Å². The van der Waals surface area contributed by atoms with Gasteiger partial charge in [-0.3, -0.25) is 9.59 Å². The molecule has 0 radical (unpaired) electrons. The Morgan fingerprint density at radius 3 is 2.50 bits per heavy atom. The molecule has 0 saturated carbocycles. The molecule has 2 amide bonds. The first-order valence-corrected chi connectivity index (χ1v) is 5.78. The molecule has 5 nitrogen and oxygen atoms in total. The normalized spacial score (nSPS) is 11.8. The van der Waals surface area contributed by atoms with Gasteiger partial charge in [-0.05, 0) is 25.1 Å². The van der Waals surface area contributed by atoms with Crippen LogP contribution in [0.1, 0.15) is 17.3 Å². The van der Waals surface area contributed by atoms with Crippen molar-refractivity contribution in [2.24, 2.45) is 5.73 Å². The van der Waals surface area contributed by atoms with E-state index in [1.165, 1.54) is 11.0 Å². The highest BCUT2D eigenvalue weighted by Crippen LogP contribution is 2.21. The summed E-state index contributed by atoms with van der Waals surface area (Å²) >= 11 is 5.95. The van der Waals surface area contributed by atoms with Gasteiger partial charge in [-0.25, -0.2) is 0 Å². The average Bonchev–Trinajstić information content (AvgIpc) is 2.30. The maximum absolute atomic E-state index is 11.8. The van der Waals surface area contributed by atoms with Crippen LogP contribution in [0.25, 0.3) is 0 Å². The molecule has 0 aliphatic heterocycles. The fraction of sp³-hybridized carbons (Fsp3) is 0.333. The van der Waals surface area contributed by atoms with E-state index >= 15 is 0 Å². The van der Waals surface area contributed by atoms with Gasteiger partial charge in [0.15, 0.2) is 0 Å². The van der Waals surface area contributed by atoms with Crippen LogP contribution in [0, 0.1) is 0 Å². The molecule has 0 bridgehead atoms. The number of nitrogens with two attached hydrogens (primary N) is 1. The van der Waals surface area contributed by atoms with Crippen molar-refractivity contribution in [1.29, 1.82) is 0 Å². The highest BCUT2D eigenvalue weighted by atomic mass is 35.5. The molecule has 0 unspecified atom stereocenters. The minimum absolute atomic E-state index is 0.225. The first-order valence-electron chi connectivity index (χ1n) is 5.40. The smallest absolute Gasteiger partial charge is 0.254 e. The number of nitrogens with zero attached hydrogens (tertiary/aromatic N) is 1. The van der Waals surface area contributed by atoms with Crippen molar-refractivity contribution in [3.8, 4) is 0 Å². The summed E-state index contributed by atoms with van der Waals surface area (Å²) in [5, 5.41) is 2.95. The first-order chi connectivity index (χ1) is 8.32. The maximum Gasteiger partial charge on any atom is 0.254 e. The second-order valence-corrected chi connectivity index (χ2v) is 4.58. The predicted molar refractivity (Wildman–Crippen MR) is 71.7 cm³/mol. The predicted octanol–water partition coefficient (Wildman–Crippen LogP) is 1.33. The Labute approximate surface area is 111 Å². The number of hydrogen-bond donors (Lipinski definition) is 2. The molecule has 1 rings (SSSR count). The Kier molecular flexibility index (Phi) is 4.69. The van der Waals surface area contributed by atoms with Crippen LogP contribution in [0.4, 0.5) is 5.69 Å². The van der Waals surface area contributed by atoms with Crippen molar-refractivity contribution in [3.63, 3.8) is 0 Å². The van der Waals surface area contributed by atoms with Crippen LogP contribution in [0.3, 0.4) is 0 Å². The molecule has 0 aliphatic carbocycles. The van der Waals surface area contributed by atoms with E-state index in [0.717, 1.165) is 0 Å². The van der Waals surface area contributed by atoms with Gasteiger partial charge in [0, 0.05) is 19.8 Å². The molecule has 0 saturated heterocycles. The zero-order valence-electron chi connectivity index (χ0n) is 10.5. The third-order valence-electron chi connectivity index (χ3n) is 2.28. The Bertz CT molecular complexity index is 472. The Hall–Kier alpha value is -1.59. The van der Waals surface area contributed by atoms with Crippen LogP contribution < -0.4 is 11.1 Å². The van der Waals surface area contributed by atoms with Gasteiger partial charge in [-0.2, -0.15) is 0 Å². The van der Waals surface area contributed by atoms with Crippen LogP contribution in [-0.4, -0.2) is 36.9 Å².